The van der Waals surface area contributed by atoms with Crippen molar-refractivity contribution in [2.45, 2.75) is 44.3 Å². The molecule has 3 N–H and O–H groups in total. The zero-order valence-electron chi connectivity index (χ0n) is 16.2. The van der Waals surface area contributed by atoms with Crippen molar-refractivity contribution in [3.63, 3.8) is 0 Å². The fourth-order valence-electron chi connectivity index (χ4n) is 4.17. The van der Waals surface area contributed by atoms with Gasteiger partial charge in [-0.1, -0.05) is 57.2 Å². The first-order valence-corrected chi connectivity index (χ1v) is 9.44. The number of fused-ring (bicyclic) bond motifs is 1. The molecule has 27 heavy (non-hydrogen) atoms. The van der Waals surface area contributed by atoms with E-state index in [1.807, 2.05) is 18.2 Å². The molecule has 2 aliphatic rings. The molecule has 142 valence electrons. The third-order valence-electron chi connectivity index (χ3n) is 5.72. The van der Waals surface area contributed by atoms with E-state index in [4.69, 9.17) is 4.74 Å². The number of ether oxygens (including phenoxy) is 1. The fraction of sp³-hybridized carbons (Fsp3) is 0.409. The van der Waals surface area contributed by atoms with Crippen LogP contribution in [0.4, 0.5) is 0 Å². The molecule has 2 aromatic rings. The van der Waals surface area contributed by atoms with Crippen molar-refractivity contribution in [3.8, 4) is 5.75 Å². The molecular formula is C22H27N3O2. The predicted octanol–water partition coefficient (Wildman–Crippen LogP) is 3.00. The standard InChI is InChI=1S/C22H27N3O2/c1-22(2,3)15-10-8-13(9-11-15)18-17-19(24-25-20(17)21(26)23-18)14-6-5-7-16(12-14)27-4/h5-12,17-20,24-25H,1-4H3,(H,23,26). The van der Waals surface area contributed by atoms with Crippen LogP contribution < -0.4 is 20.9 Å². The third-order valence-corrected chi connectivity index (χ3v) is 5.72. The van der Waals surface area contributed by atoms with Crippen LogP contribution in [0.3, 0.4) is 0 Å². The number of amides is 1. The topological polar surface area (TPSA) is 62.4 Å². The van der Waals surface area contributed by atoms with Gasteiger partial charge in [0, 0.05) is 5.92 Å². The lowest BCUT2D eigenvalue weighted by atomic mass is 9.82. The number of benzene rings is 2. The summed E-state index contributed by atoms with van der Waals surface area (Å²) >= 11 is 0. The smallest absolute Gasteiger partial charge is 0.239 e. The zero-order valence-corrected chi connectivity index (χ0v) is 16.2. The Kier molecular flexibility index (Phi) is 4.44. The van der Waals surface area contributed by atoms with E-state index >= 15 is 0 Å². The van der Waals surface area contributed by atoms with Crippen LogP contribution in [0, 0.1) is 5.92 Å². The Morgan fingerprint density at radius 3 is 2.26 bits per heavy atom. The lowest BCUT2D eigenvalue weighted by Gasteiger charge is -2.25. The van der Waals surface area contributed by atoms with Gasteiger partial charge < -0.3 is 10.1 Å². The van der Waals surface area contributed by atoms with E-state index in [9.17, 15) is 4.79 Å². The van der Waals surface area contributed by atoms with Gasteiger partial charge >= 0.3 is 0 Å². The second-order valence-corrected chi connectivity index (χ2v) is 8.46. The summed E-state index contributed by atoms with van der Waals surface area (Å²) in [5.74, 6) is 0.953. The van der Waals surface area contributed by atoms with Gasteiger partial charge in [-0.15, -0.1) is 0 Å². The Labute approximate surface area is 160 Å². The number of hydrazine groups is 1. The van der Waals surface area contributed by atoms with Gasteiger partial charge in [-0.3, -0.25) is 4.79 Å². The van der Waals surface area contributed by atoms with Gasteiger partial charge in [0.05, 0.1) is 19.2 Å². The zero-order chi connectivity index (χ0) is 19.2. The molecular weight excluding hydrogens is 338 g/mol. The first kappa shape index (κ1) is 18.0. The number of rotatable bonds is 3. The molecule has 1 amide bonds. The van der Waals surface area contributed by atoms with Crippen LogP contribution >= 0.6 is 0 Å². The molecule has 0 radical (unpaired) electrons. The normalized spacial score (nSPS) is 27.3. The number of hydrogen-bond donors (Lipinski definition) is 3. The lowest BCUT2D eigenvalue weighted by Crippen LogP contribution is -2.39. The predicted molar refractivity (Wildman–Crippen MR) is 105 cm³/mol. The second-order valence-electron chi connectivity index (χ2n) is 8.46. The number of methoxy groups -OCH3 is 1. The first-order chi connectivity index (χ1) is 12.9. The molecule has 0 aromatic heterocycles. The molecule has 5 heteroatoms. The van der Waals surface area contributed by atoms with Gasteiger partial charge in [-0.25, -0.2) is 10.9 Å². The molecule has 5 nitrogen and oxygen atoms in total. The Hall–Kier alpha value is -2.37. The molecule has 4 atom stereocenters. The Morgan fingerprint density at radius 2 is 1.59 bits per heavy atom. The van der Waals surface area contributed by atoms with E-state index in [1.54, 1.807) is 7.11 Å². The molecule has 2 saturated heterocycles. The quantitative estimate of drug-likeness (QED) is 0.783. The minimum absolute atomic E-state index is 0.0244. The van der Waals surface area contributed by atoms with E-state index < -0.39 is 0 Å². The Morgan fingerprint density at radius 1 is 0.889 bits per heavy atom. The summed E-state index contributed by atoms with van der Waals surface area (Å²) in [7, 11) is 1.67. The van der Waals surface area contributed by atoms with Crippen LogP contribution in [0.2, 0.25) is 0 Å². The molecule has 4 unspecified atom stereocenters. The minimum Gasteiger partial charge on any atom is -0.497 e. The van der Waals surface area contributed by atoms with Gasteiger partial charge in [0.25, 0.3) is 0 Å². The summed E-state index contributed by atoms with van der Waals surface area (Å²) in [6.45, 7) is 6.62. The average molecular weight is 365 g/mol. The number of carbonyl (C=O) groups is 1. The maximum absolute atomic E-state index is 12.5. The summed E-state index contributed by atoms with van der Waals surface area (Å²) in [4.78, 5) is 12.5. The maximum atomic E-state index is 12.5. The van der Waals surface area contributed by atoms with Crippen molar-refractivity contribution in [2.24, 2.45) is 5.92 Å². The van der Waals surface area contributed by atoms with Crippen molar-refractivity contribution < 1.29 is 9.53 Å². The first-order valence-electron chi connectivity index (χ1n) is 9.44. The number of hydrogen-bond acceptors (Lipinski definition) is 4. The Balaban J connectivity index is 1.66. The molecule has 0 bridgehead atoms. The third kappa shape index (κ3) is 3.22. The second kappa shape index (κ2) is 6.66. The van der Waals surface area contributed by atoms with Crippen LogP contribution in [0.5, 0.6) is 5.75 Å². The number of nitrogens with one attached hydrogen (secondary N) is 3. The molecule has 2 heterocycles. The summed E-state index contributed by atoms with van der Waals surface area (Å²) in [5, 5.41) is 3.19. The highest BCUT2D eigenvalue weighted by Crippen LogP contribution is 2.42. The lowest BCUT2D eigenvalue weighted by molar-refractivity contribution is -0.121. The summed E-state index contributed by atoms with van der Waals surface area (Å²) < 4.78 is 5.37. The highest BCUT2D eigenvalue weighted by atomic mass is 16.5. The van der Waals surface area contributed by atoms with Crippen molar-refractivity contribution in [1.29, 1.82) is 0 Å². The van der Waals surface area contributed by atoms with Gasteiger partial charge in [0.2, 0.25) is 5.91 Å². The van der Waals surface area contributed by atoms with Gasteiger partial charge in [-0.05, 0) is 34.2 Å². The molecule has 0 aliphatic carbocycles. The summed E-state index contributed by atoms with van der Waals surface area (Å²) in [5.41, 5.74) is 10.2. The van der Waals surface area contributed by atoms with Crippen LogP contribution in [-0.4, -0.2) is 19.1 Å². The van der Waals surface area contributed by atoms with Crippen LogP contribution in [-0.2, 0) is 10.2 Å². The largest absolute Gasteiger partial charge is 0.497 e. The molecule has 2 aromatic carbocycles. The van der Waals surface area contributed by atoms with Crippen LogP contribution in [0.1, 0.15) is 49.5 Å². The Bertz CT molecular complexity index is 841. The maximum Gasteiger partial charge on any atom is 0.239 e. The molecule has 0 spiro atoms. The van der Waals surface area contributed by atoms with E-state index in [0.717, 1.165) is 16.9 Å². The highest BCUT2D eigenvalue weighted by Gasteiger charge is 2.51. The summed E-state index contributed by atoms with van der Waals surface area (Å²) in [6, 6.07) is 16.4. The molecule has 2 aliphatic heterocycles. The average Bonchev–Trinajstić information content (AvgIpc) is 3.23. The van der Waals surface area contributed by atoms with E-state index in [1.165, 1.54) is 5.56 Å². The van der Waals surface area contributed by atoms with E-state index in [2.05, 4.69) is 67.3 Å². The molecule has 0 saturated carbocycles. The van der Waals surface area contributed by atoms with E-state index in [0.29, 0.717) is 0 Å². The van der Waals surface area contributed by atoms with E-state index in [-0.39, 0.29) is 35.4 Å². The van der Waals surface area contributed by atoms with Gasteiger partial charge in [0.15, 0.2) is 0 Å². The SMILES string of the molecule is COc1cccc(C2NNC3C(=O)NC(c4ccc(C(C)(C)C)cc4)C32)c1. The van der Waals surface area contributed by atoms with Crippen molar-refractivity contribution in [3.05, 3.63) is 65.2 Å². The monoisotopic (exact) mass is 365 g/mol. The number of carbonyl (C=O) groups excluding carboxylic acids is 1. The van der Waals surface area contributed by atoms with Gasteiger partial charge in [-0.2, -0.15) is 0 Å². The minimum atomic E-state index is -0.242. The van der Waals surface area contributed by atoms with Gasteiger partial charge in [0.1, 0.15) is 11.8 Å². The van der Waals surface area contributed by atoms with Crippen molar-refractivity contribution in [1.82, 2.24) is 16.2 Å². The van der Waals surface area contributed by atoms with Crippen molar-refractivity contribution in [2.75, 3.05) is 7.11 Å². The van der Waals surface area contributed by atoms with Crippen LogP contribution in [0.15, 0.2) is 48.5 Å². The summed E-state index contributed by atoms with van der Waals surface area (Å²) in [6.07, 6.45) is 0. The molecule has 4 rings (SSSR count). The fourth-order valence-corrected chi connectivity index (χ4v) is 4.17. The van der Waals surface area contributed by atoms with Crippen LogP contribution in [0.25, 0.3) is 0 Å². The molecule has 2 fully saturated rings. The van der Waals surface area contributed by atoms with Crippen molar-refractivity contribution >= 4 is 5.91 Å². The highest BCUT2D eigenvalue weighted by molar-refractivity contribution is 5.86.